The lowest BCUT2D eigenvalue weighted by Crippen LogP contribution is -2.59. The maximum absolute atomic E-state index is 13.0. The van der Waals surface area contributed by atoms with Crippen molar-refractivity contribution in [3.05, 3.63) is 29.8 Å². The standard InChI is InChI=1S/C17H21N3O2/c18-14(21)13-10-17(16(20-13)8-4-1-5-9-16)11-6-2-3-7-12(11)19-15(17)22/h2-3,6-7,13,20H,1,4-5,8-10H2,(H2,18,21)(H,19,22). The summed E-state index contributed by atoms with van der Waals surface area (Å²) in [5.74, 6) is -0.342. The zero-order valence-electron chi connectivity index (χ0n) is 12.5. The number of benzene rings is 1. The Morgan fingerprint density at radius 2 is 1.91 bits per heavy atom. The second-order valence-corrected chi connectivity index (χ2v) is 6.85. The molecular formula is C17H21N3O2. The second-order valence-electron chi connectivity index (χ2n) is 6.85. The summed E-state index contributed by atoms with van der Waals surface area (Å²) in [7, 11) is 0. The molecule has 2 amide bonds. The number of hydrogen-bond donors (Lipinski definition) is 3. The number of fused-ring (bicyclic) bond motifs is 3. The van der Waals surface area contributed by atoms with Crippen molar-refractivity contribution < 1.29 is 9.59 Å². The molecule has 1 saturated heterocycles. The first-order valence-electron chi connectivity index (χ1n) is 8.07. The van der Waals surface area contributed by atoms with Crippen LogP contribution in [0.25, 0.3) is 0 Å². The van der Waals surface area contributed by atoms with Crippen LogP contribution in [-0.4, -0.2) is 23.4 Å². The third kappa shape index (κ3) is 1.57. The zero-order chi connectivity index (χ0) is 15.4. The lowest BCUT2D eigenvalue weighted by Gasteiger charge is -2.45. The molecule has 5 heteroatoms. The normalized spacial score (nSPS) is 32.2. The number of amides is 2. The Hall–Kier alpha value is -1.88. The Morgan fingerprint density at radius 3 is 2.64 bits per heavy atom. The van der Waals surface area contributed by atoms with Gasteiger partial charge >= 0.3 is 0 Å². The van der Waals surface area contributed by atoms with E-state index in [1.54, 1.807) is 0 Å². The number of rotatable bonds is 1. The molecule has 2 unspecified atom stereocenters. The highest BCUT2D eigenvalue weighted by Gasteiger charge is 2.66. The van der Waals surface area contributed by atoms with Crippen molar-refractivity contribution in [1.29, 1.82) is 0 Å². The Bertz CT molecular complexity index is 651. The van der Waals surface area contributed by atoms with Gasteiger partial charge in [-0.1, -0.05) is 37.5 Å². The van der Waals surface area contributed by atoms with E-state index < -0.39 is 11.5 Å². The van der Waals surface area contributed by atoms with Gasteiger partial charge in [-0.15, -0.1) is 0 Å². The fraction of sp³-hybridized carbons (Fsp3) is 0.529. The van der Waals surface area contributed by atoms with E-state index in [1.165, 1.54) is 6.42 Å². The third-order valence-corrected chi connectivity index (χ3v) is 5.85. The predicted octanol–water partition coefficient (Wildman–Crippen LogP) is 1.43. The minimum absolute atomic E-state index is 0.0202. The van der Waals surface area contributed by atoms with E-state index >= 15 is 0 Å². The smallest absolute Gasteiger partial charge is 0.237 e. The van der Waals surface area contributed by atoms with E-state index in [1.807, 2.05) is 24.3 Å². The van der Waals surface area contributed by atoms with Crippen molar-refractivity contribution in [1.82, 2.24) is 5.32 Å². The van der Waals surface area contributed by atoms with Crippen LogP contribution in [0.5, 0.6) is 0 Å². The van der Waals surface area contributed by atoms with Crippen LogP contribution in [0.1, 0.15) is 44.1 Å². The molecule has 1 aromatic carbocycles. The predicted molar refractivity (Wildman–Crippen MR) is 83.3 cm³/mol. The number of hydrogen-bond acceptors (Lipinski definition) is 3. The zero-order valence-corrected chi connectivity index (χ0v) is 12.5. The molecule has 0 bridgehead atoms. The summed E-state index contributed by atoms with van der Waals surface area (Å²) in [4.78, 5) is 24.8. The van der Waals surface area contributed by atoms with Gasteiger partial charge in [-0.2, -0.15) is 0 Å². The molecule has 0 aromatic heterocycles. The topological polar surface area (TPSA) is 84.2 Å². The molecule has 2 heterocycles. The fourth-order valence-corrected chi connectivity index (χ4v) is 4.90. The number of anilines is 1. The van der Waals surface area contributed by atoms with Crippen molar-refractivity contribution in [3.8, 4) is 0 Å². The van der Waals surface area contributed by atoms with Crippen LogP contribution in [0.2, 0.25) is 0 Å². The van der Waals surface area contributed by atoms with Crippen LogP contribution >= 0.6 is 0 Å². The number of para-hydroxylation sites is 1. The SMILES string of the molecule is NC(=O)C1CC2(C(=O)Nc3ccccc32)C2(CCCCC2)N1. The largest absolute Gasteiger partial charge is 0.368 e. The first-order chi connectivity index (χ1) is 10.6. The Morgan fingerprint density at radius 1 is 1.18 bits per heavy atom. The first-order valence-corrected chi connectivity index (χ1v) is 8.07. The van der Waals surface area contributed by atoms with E-state index in [9.17, 15) is 9.59 Å². The number of nitrogens with one attached hydrogen (secondary N) is 2. The van der Waals surface area contributed by atoms with E-state index in [-0.39, 0.29) is 17.4 Å². The molecule has 2 aliphatic heterocycles. The van der Waals surface area contributed by atoms with Gasteiger partial charge in [0.05, 0.1) is 11.5 Å². The molecule has 22 heavy (non-hydrogen) atoms. The summed E-state index contributed by atoms with van der Waals surface area (Å²) in [6.45, 7) is 0. The third-order valence-electron chi connectivity index (χ3n) is 5.85. The van der Waals surface area contributed by atoms with Gasteiger partial charge in [-0.05, 0) is 30.9 Å². The molecule has 0 radical (unpaired) electrons. The summed E-state index contributed by atoms with van der Waals surface area (Å²) in [6, 6.07) is 7.43. The molecule has 116 valence electrons. The van der Waals surface area contributed by atoms with Crippen LogP contribution in [0.3, 0.4) is 0 Å². The van der Waals surface area contributed by atoms with Gasteiger partial charge in [0.1, 0.15) is 0 Å². The Labute approximate surface area is 129 Å². The molecule has 1 saturated carbocycles. The molecule has 2 fully saturated rings. The molecule has 2 spiro atoms. The van der Waals surface area contributed by atoms with Crippen molar-refractivity contribution in [2.75, 3.05) is 5.32 Å². The minimum Gasteiger partial charge on any atom is -0.368 e. The number of nitrogens with two attached hydrogens (primary N) is 1. The number of carbonyl (C=O) groups excluding carboxylic acids is 2. The molecule has 4 rings (SSSR count). The second kappa shape index (κ2) is 4.56. The quantitative estimate of drug-likeness (QED) is 0.733. The minimum atomic E-state index is -0.663. The van der Waals surface area contributed by atoms with Gasteiger partial charge in [0.15, 0.2) is 0 Å². The highest BCUT2D eigenvalue weighted by molar-refractivity contribution is 6.08. The first kappa shape index (κ1) is 13.8. The molecule has 1 aromatic rings. The summed E-state index contributed by atoms with van der Waals surface area (Å²) in [6.07, 6.45) is 5.64. The van der Waals surface area contributed by atoms with Gasteiger partial charge in [0.2, 0.25) is 11.8 Å². The van der Waals surface area contributed by atoms with Crippen molar-refractivity contribution in [2.24, 2.45) is 5.73 Å². The van der Waals surface area contributed by atoms with E-state index in [2.05, 4.69) is 10.6 Å². The van der Waals surface area contributed by atoms with E-state index in [0.29, 0.717) is 6.42 Å². The molecule has 2 atom stereocenters. The molecule has 3 aliphatic rings. The lowest BCUT2D eigenvalue weighted by atomic mass is 9.60. The fourth-order valence-electron chi connectivity index (χ4n) is 4.90. The maximum atomic E-state index is 13.0. The lowest BCUT2D eigenvalue weighted by molar-refractivity contribution is -0.123. The van der Waals surface area contributed by atoms with Crippen molar-refractivity contribution in [3.63, 3.8) is 0 Å². The van der Waals surface area contributed by atoms with Gasteiger partial charge in [-0.3, -0.25) is 14.9 Å². The average molecular weight is 299 g/mol. The monoisotopic (exact) mass is 299 g/mol. The molecule has 4 N–H and O–H groups in total. The van der Waals surface area contributed by atoms with E-state index in [0.717, 1.165) is 36.9 Å². The maximum Gasteiger partial charge on any atom is 0.237 e. The van der Waals surface area contributed by atoms with Crippen LogP contribution in [0.4, 0.5) is 5.69 Å². The van der Waals surface area contributed by atoms with Gasteiger partial charge in [-0.25, -0.2) is 0 Å². The van der Waals surface area contributed by atoms with Gasteiger partial charge in [0, 0.05) is 11.2 Å². The Kier molecular flexibility index (Phi) is 2.85. The highest BCUT2D eigenvalue weighted by Crippen LogP contribution is 2.56. The van der Waals surface area contributed by atoms with Crippen molar-refractivity contribution in [2.45, 2.75) is 55.5 Å². The summed E-state index contributed by atoms with van der Waals surface area (Å²) < 4.78 is 0. The average Bonchev–Trinajstić information content (AvgIpc) is 2.99. The van der Waals surface area contributed by atoms with Crippen LogP contribution < -0.4 is 16.4 Å². The molecule has 1 aliphatic carbocycles. The number of carbonyl (C=O) groups is 2. The summed E-state index contributed by atoms with van der Waals surface area (Å²) >= 11 is 0. The highest BCUT2D eigenvalue weighted by atomic mass is 16.2. The summed E-state index contributed by atoms with van der Waals surface area (Å²) in [5, 5.41) is 6.50. The van der Waals surface area contributed by atoms with Crippen LogP contribution in [-0.2, 0) is 15.0 Å². The number of primary amides is 1. The molecular weight excluding hydrogens is 278 g/mol. The van der Waals surface area contributed by atoms with Gasteiger partial charge < -0.3 is 11.1 Å². The molecule has 5 nitrogen and oxygen atoms in total. The van der Waals surface area contributed by atoms with Crippen LogP contribution in [0, 0.1) is 0 Å². The van der Waals surface area contributed by atoms with Crippen LogP contribution in [0.15, 0.2) is 24.3 Å². The van der Waals surface area contributed by atoms with Gasteiger partial charge in [0.25, 0.3) is 0 Å². The summed E-state index contributed by atoms with van der Waals surface area (Å²) in [5.41, 5.74) is 6.47. The van der Waals surface area contributed by atoms with Crippen molar-refractivity contribution >= 4 is 17.5 Å². The Balaban J connectivity index is 1.90. The van der Waals surface area contributed by atoms with E-state index in [4.69, 9.17) is 5.73 Å².